The van der Waals surface area contributed by atoms with Crippen LogP contribution in [-0.4, -0.2) is 15.9 Å². The molecule has 124 valence electrons. The maximum Gasteiger partial charge on any atom is 0.416 e. The van der Waals surface area contributed by atoms with Crippen molar-refractivity contribution < 1.29 is 13.2 Å². The molecule has 0 atom stereocenters. The summed E-state index contributed by atoms with van der Waals surface area (Å²) in [7, 11) is 0. The summed E-state index contributed by atoms with van der Waals surface area (Å²) < 4.78 is 39.1. The fourth-order valence-electron chi connectivity index (χ4n) is 2.14. The number of aromatic nitrogens is 2. The lowest BCUT2D eigenvalue weighted by atomic mass is 10.1. The molecule has 0 spiro atoms. The highest BCUT2D eigenvalue weighted by atomic mass is 32.1. The number of rotatable bonds is 3. The average Bonchev–Trinajstić information content (AvgIpc) is 2.98. The Hall–Kier alpha value is -2.48. The molecule has 3 rings (SSSR count). The van der Waals surface area contributed by atoms with Crippen LogP contribution in [0.5, 0.6) is 0 Å². The Bertz CT molecular complexity index is 973. The van der Waals surface area contributed by atoms with Gasteiger partial charge < -0.3 is 0 Å². The van der Waals surface area contributed by atoms with Gasteiger partial charge in [-0.3, -0.25) is 4.79 Å². The van der Waals surface area contributed by atoms with Crippen LogP contribution in [0.25, 0.3) is 10.2 Å². The number of hydrogen-bond acceptors (Lipinski definition) is 4. The predicted octanol–water partition coefficient (Wildman–Crippen LogP) is 3.92. The lowest BCUT2D eigenvalue weighted by molar-refractivity contribution is -0.137. The molecule has 2 heterocycles. The van der Waals surface area contributed by atoms with Crippen molar-refractivity contribution in [3.63, 3.8) is 0 Å². The van der Waals surface area contributed by atoms with E-state index in [1.54, 1.807) is 6.07 Å². The van der Waals surface area contributed by atoms with Crippen molar-refractivity contribution in [1.82, 2.24) is 9.66 Å². The first kappa shape index (κ1) is 16.4. The van der Waals surface area contributed by atoms with E-state index in [4.69, 9.17) is 0 Å². The highest BCUT2D eigenvalue weighted by Gasteiger charge is 2.30. The lowest BCUT2D eigenvalue weighted by Gasteiger charge is -2.06. The standard InChI is InChI=1S/C16H12F3N3OS/c1-2-12-7-13-14(24-12)20-9-22(15(13)23)21-8-10-4-3-5-11(6-10)16(17,18)19/h3-9H,2H2,1H3/b21-8-. The van der Waals surface area contributed by atoms with Gasteiger partial charge in [-0.2, -0.15) is 22.9 Å². The van der Waals surface area contributed by atoms with Gasteiger partial charge >= 0.3 is 6.18 Å². The van der Waals surface area contributed by atoms with Crippen molar-refractivity contribution >= 4 is 27.8 Å². The van der Waals surface area contributed by atoms with Gasteiger partial charge in [0.1, 0.15) is 11.2 Å². The van der Waals surface area contributed by atoms with Gasteiger partial charge in [0.15, 0.2) is 0 Å². The second-order valence-corrected chi connectivity index (χ2v) is 6.16. The van der Waals surface area contributed by atoms with Crippen molar-refractivity contribution in [2.24, 2.45) is 5.10 Å². The summed E-state index contributed by atoms with van der Waals surface area (Å²) in [6.07, 6.45) is -1.15. The predicted molar refractivity (Wildman–Crippen MR) is 87.7 cm³/mol. The van der Waals surface area contributed by atoms with Gasteiger partial charge in [-0.1, -0.05) is 19.1 Å². The van der Waals surface area contributed by atoms with Crippen LogP contribution in [0.1, 0.15) is 22.9 Å². The van der Waals surface area contributed by atoms with Crippen LogP contribution >= 0.6 is 11.3 Å². The monoisotopic (exact) mass is 351 g/mol. The summed E-state index contributed by atoms with van der Waals surface area (Å²) in [5.74, 6) is 0. The summed E-state index contributed by atoms with van der Waals surface area (Å²) >= 11 is 1.44. The van der Waals surface area contributed by atoms with Crippen LogP contribution in [-0.2, 0) is 12.6 Å². The van der Waals surface area contributed by atoms with Crippen molar-refractivity contribution in [2.75, 3.05) is 0 Å². The lowest BCUT2D eigenvalue weighted by Crippen LogP contribution is -2.16. The normalized spacial score (nSPS) is 12.3. The molecule has 1 aromatic carbocycles. The molecule has 0 amide bonds. The molecular weight excluding hydrogens is 339 g/mol. The Morgan fingerprint density at radius 1 is 1.33 bits per heavy atom. The Labute approximate surface area is 138 Å². The number of aryl methyl sites for hydroxylation is 1. The Kier molecular flexibility index (Phi) is 4.23. The second-order valence-electron chi connectivity index (χ2n) is 5.05. The Morgan fingerprint density at radius 3 is 2.83 bits per heavy atom. The molecule has 0 aliphatic heterocycles. The van der Waals surface area contributed by atoms with Crippen LogP contribution in [0.15, 0.2) is 46.6 Å². The number of halogens is 3. The highest BCUT2D eigenvalue weighted by molar-refractivity contribution is 7.18. The zero-order valence-electron chi connectivity index (χ0n) is 12.5. The molecule has 0 saturated carbocycles. The first-order chi connectivity index (χ1) is 11.4. The number of benzene rings is 1. The zero-order chi connectivity index (χ0) is 17.3. The van der Waals surface area contributed by atoms with Gasteiger partial charge in [0, 0.05) is 4.88 Å². The molecule has 0 fully saturated rings. The van der Waals surface area contributed by atoms with E-state index in [9.17, 15) is 18.0 Å². The van der Waals surface area contributed by atoms with E-state index in [1.807, 2.05) is 6.92 Å². The molecule has 0 unspecified atom stereocenters. The second kappa shape index (κ2) is 6.20. The average molecular weight is 351 g/mol. The van der Waals surface area contributed by atoms with E-state index in [1.165, 1.54) is 36.0 Å². The molecule has 0 N–H and O–H groups in total. The number of thiophene rings is 1. The van der Waals surface area contributed by atoms with Crippen LogP contribution in [0, 0.1) is 0 Å². The quantitative estimate of drug-likeness (QED) is 0.672. The van der Waals surface area contributed by atoms with Gasteiger partial charge in [0.2, 0.25) is 0 Å². The molecule has 8 heteroatoms. The molecular formula is C16H12F3N3OS. The zero-order valence-corrected chi connectivity index (χ0v) is 13.4. The summed E-state index contributed by atoms with van der Waals surface area (Å²) in [5, 5.41) is 4.40. The van der Waals surface area contributed by atoms with Crippen LogP contribution in [0.4, 0.5) is 13.2 Å². The molecule has 0 radical (unpaired) electrons. The topological polar surface area (TPSA) is 47.2 Å². The molecule has 24 heavy (non-hydrogen) atoms. The van der Waals surface area contributed by atoms with E-state index < -0.39 is 11.7 Å². The van der Waals surface area contributed by atoms with Crippen LogP contribution in [0.3, 0.4) is 0 Å². The Morgan fingerprint density at radius 2 is 2.12 bits per heavy atom. The largest absolute Gasteiger partial charge is 0.416 e. The molecule has 0 saturated heterocycles. The summed E-state index contributed by atoms with van der Waals surface area (Å²) in [4.78, 5) is 18.2. The molecule has 0 aliphatic carbocycles. The van der Waals surface area contributed by atoms with E-state index >= 15 is 0 Å². The molecule has 3 aromatic rings. The highest BCUT2D eigenvalue weighted by Crippen LogP contribution is 2.29. The van der Waals surface area contributed by atoms with Gasteiger partial charge in [-0.15, -0.1) is 11.3 Å². The number of alkyl halides is 3. The van der Waals surface area contributed by atoms with Gasteiger partial charge in [-0.25, -0.2) is 4.98 Å². The number of fused-ring (bicyclic) bond motifs is 1. The van der Waals surface area contributed by atoms with Gasteiger partial charge in [0.25, 0.3) is 5.56 Å². The van der Waals surface area contributed by atoms with E-state index in [0.717, 1.165) is 28.1 Å². The minimum atomic E-state index is -4.42. The first-order valence-electron chi connectivity index (χ1n) is 7.10. The number of nitrogens with zero attached hydrogens (tertiary/aromatic N) is 3. The third kappa shape index (κ3) is 3.23. The fraction of sp³-hybridized carbons (Fsp3) is 0.188. The van der Waals surface area contributed by atoms with Crippen molar-refractivity contribution in [2.45, 2.75) is 19.5 Å². The van der Waals surface area contributed by atoms with E-state index in [-0.39, 0.29) is 11.1 Å². The molecule has 4 nitrogen and oxygen atoms in total. The molecule has 2 aromatic heterocycles. The Balaban J connectivity index is 1.96. The van der Waals surface area contributed by atoms with Gasteiger partial charge in [0.05, 0.1) is 17.2 Å². The maximum absolute atomic E-state index is 12.7. The molecule has 0 aliphatic rings. The van der Waals surface area contributed by atoms with Crippen LogP contribution in [0.2, 0.25) is 0 Å². The fourth-order valence-corrected chi connectivity index (χ4v) is 3.07. The van der Waals surface area contributed by atoms with Gasteiger partial charge in [-0.05, 0) is 30.2 Å². The minimum Gasteiger partial charge on any atom is -0.267 e. The van der Waals surface area contributed by atoms with E-state index in [2.05, 4.69) is 10.1 Å². The summed E-state index contributed by atoms with van der Waals surface area (Å²) in [6, 6.07) is 6.50. The third-order valence-corrected chi connectivity index (χ3v) is 4.57. The first-order valence-corrected chi connectivity index (χ1v) is 7.92. The number of hydrogen-bond donors (Lipinski definition) is 0. The maximum atomic E-state index is 12.7. The minimum absolute atomic E-state index is 0.247. The smallest absolute Gasteiger partial charge is 0.267 e. The van der Waals surface area contributed by atoms with Crippen molar-refractivity contribution in [3.8, 4) is 0 Å². The van der Waals surface area contributed by atoms with Crippen LogP contribution < -0.4 is 5.56 Å². The SMILES string of the molecule is CCc1cc2c(=O)n(/N=C\c3cccc(C(F)(F)F)c3)cnc2s1. The van der Waals surface area contributed by atoms with Crippen molar-refractivity contribution in [3.05, 3.63) is 63.0 Å². The third-order valence-electron chi connectivity index (χ3n) is 3.38. The van der Waals surface area contributed by atoms with Crippen molar-refractivity contribution in [1.29, 1.82) is 0 Å². The summed E-state index contributed by atoms with van der Waals surface area (Å²) in [5.41, 5.74) is -0.867. The summed E-state index contributed by atoms with van der Waals surface area (Å²) in [6.45, 7) is 1.98. The molecule has 0 bridgehead atoms. The van der Waals surface area contributed by atoms with E-state index in [0.29, 0.717) is 10.2 Å².